The molecule has 2 amide bonds. The molecule has 0 fully saturated rings. The molecule has 0 aliphatic rings. The number of carboxylic acids is 1. The molecule has 1 unspecified atom stereocenters. The van der Waals surface area contributed by atoms with Crippen molar-refractivity contribution in [1.29, 1.82) is 0 Å². The van der Waals surface area contributed by atoms with Crippen molar-refractivity contribution in [3.05, 3.63) is 65.2 Å². The first-order valence-corrected chi connectivity index (χ1v) is 8.52. The summed E-state index contributed by atoms with van der Waals surface area (Å²) in [7, 11) is 1.51. The Hall–Kier alpha value is -3.35. The number of benzene rings is 2. The van der Waals surface area contributed by atoms with Gasteiger partial charge in [-0.15, -0.1) is 0 Å². The first kappa shape index (κ1) is 20.0. The maximum atomic E-state index is 12.5. The van der Waals surface area contributed by atoms with Crippen LogP contribution in [0.4, 0.5) is 0 Å². The molecule has 0 heterocycles. The summed E-state index contributed by atoms with van der Waals surface area (Å²) in [5.74, 6) is -1.47. The van der Waals surface area contributed by atoms with Crippen molar-refractivity contribution in [3.63, 3.8) is 0 Å². The van der Waals surface area contributed by atoms with Gasteiger partial charge < -0.3 is 20.5 Å². The standard InChI is InChI=1S/C20H22N2O5/c1-3-11-21-18(23)14-5-4-6-15(12-14)19(24)22-17(20(25)26)13-7-9-16(27-2)10-8-13/h4-10,12,17H,3,11H2,1-2H3,(H,21,23)(H,22,24)(H,25,26). The number of carboxylic acid groups (broad SMARTS) is 1. The van der Waals surface area contributed by atoms with Gasteiger partial charge in [0, 0.05) is 17.7 Å². The molecule has 7 heteroatoms. The van der Waals surface area contributed by atoms with Crippen molar-refractivity contribution in [3.8, 4) is 5.75 Å². The van der Waals surface area contributed by atoms with Gasteiger partial charge in [-0.2, -0.15) is 0 Å². The van der Waals surface area contributed by atoms with E-state index in [4.69, 9.17) is 4.74 Å². The van der Waals surface area contributed by atoms with Crippen LogP contribution in [0.25, 0.3) is 0 Å². The fraction of sp³-hybridized carbons (Fsp3) is 0.250. The minimum atomic E-state index is -1.22. The summed E-state index contributed by atoms with van der Waals surface area (Å²) in [6.45, 7) is 2.48. The Morgan fingerprint density at radius 1 is 1.04 bits per heavy atom. The Morgan fingerprint density at radius 2 is 1.67 bits per heavy atom. The van der Waals surface area contributed by atoms with Crippen LogP contribution in [0, 0.1) is 0 Å². The number of rotatable bonds is 8. The zero-order valence-corrected chi connectivity index (χ0v) is 15.2. The normalized spacial score (nSPS) is 11.3. The summed E-state index contributed by atoms with van der Waals surface area (Å²) in [6.07, 6.45) is 0.800. The number of amides is 2. The number of carbonyl (C=O) groups excluding carboxylic acids is 2. The van der Waals surface area contributed by atoms with Crippen LogP contribution in [-0.2, 0) is 4.79 Å². The van der Waals surface area contributed by atoms with Crippen LogP contribution in [0.5, 0.6) is 5.75 Å². The SMILES string of the molecule is CCCNC(=O)c1cccc(C(=O)NC(C(=O)O)c2ccc(OC)cc2)c1. The highest BCUT2D eigenvalue weighted by Crippen LogP contribution is 2.19. The zero-order chi connectivity index (χ0) is 19.8. The molecule has 3 N–H and O–H groups in total. The smallest absolute Gasteiger partial charge is 0.330 e. The van der Waals surface area contributed by atoms with Crippen molar-refractivity contribution < 1.29 is 24.2 Å². The Labute approximate surface area is 157 Å². The van der Waals surface area contributed by atoms with E-state index < -0.39 is 17.9 Å². The molecule has 0 saturated carbocycles. The molecule has 0 saturated heterocycles. The molecule has 0 radical (unpaired) electrons. The summed E-state index contributed by atoms with van der Waals surface area (Å²) in [5, 5.41) is 14.7. The Bertz CT molecular complexity index is 817. The van der Waals surface area contributed by atoms with Crippen LogP contribution < -0.4 is 15.4 Å². The van der Waals surface area contributed by atoms with Gasteiger partial charge in [0.25, 0.3) is 11.8 Å². The largest absolute Gasteiger partial charge is 0.497 e. The maximum Gasteiger partial charge on any atom is 0.330 e. The third-order valence-electron chi connectivity index (χ3n) is 3.89. The number of ether oxygens (including phenoxy) is 1. The molecule has 0 bridgehead atoms. The third kappa shape index (κ3) is 5.31. The van der Waals surface area contributed by atoms with Gasteiger partial charge in [0.1, 0.15) is 5.75 Å². The highest BCUT2D eigenvalue weighted by molar-refractivity contribution is 6.00. The summed E-state index contributed by atoms with van der Waals surface area (Å²) in [5.41, 5.74) is 0.958. The van der Waals surface area contributed by atoms with Crippen molar-refractivity contribution in [2.75, 3.05) is 13.7 Å². The van der Waals surface area contributed by atoms with E-state index in [9.17, 15) is 19.5 Å². The lowest BCUT2D eigenvalue weighted by Gasteiger charge is -2.15. The molecule has 0 aliphatic heterocycles. The van der Waals surface area contributed by atoms with Crippen LogP contribution in [0.2, 0.25) is 0 Å². The van der Waals surface area contributed by atoms with E-state index in [-0.39, 0.29) is 11.5 Å². The molecule has 0 spiro atoms. The molecule has 2 rings (SSSR count). The van der Waals surface area contributed by atoms with Crippen molar-refractivity contribution in [1.82, 2.24) is 10.6 Å². The van der Waals surface area contributed by atoms with Crippen molar-refractivity contribution in [2.45, 2.75) is 19.4 Å². The molecule has 0 aliphatic carbocycles. The first-order valence-electron chi connectivity index (χ1n) is 8.52. The van der Waals surface area contributed by atoms with Crippen LogP contribution >= 0.6 is 0 Å². The molecule has 2 aromatic rings. The zero-order valence-electron chi connectivity index (χ0n) is 15.2. The fourth-order valence-corrected chi connectivity index (χ4v) is 2.44. The second kappa shape index (κ2) is 9.38. The second-order valence-corrected chi connectivity index (χ2v) is 5.85. The van der Waals surface area contributed by atoms with Gasteiger partial charge in [-0.05, 0) is 42.3 Å². The van der Waals surface area contributed by atoms with Crippen molar-refractivity contribution >= 4 is 17.8 Å². The number of hydrogen-bond donors (Lipinski definition) is 3. The lowest BCUT2D eigenvalue weighted by Crippen LogP contribution is -2.34. The summed E-state index contributed by atoms with van der Waals surface area (Å²) in [6, 6.07) is 11.3. The van der Waals surface area contributed by atoms with Gasteiger partial charge in [0.05, 0.1) is 7.11 Å². The minimum absolute atomic E-state index is 0.207. The van der Waals surface area contributed by atoms with Gasteiger partial charge in [0.2, 0.25) is 0 Å². The minimum Gasteiger partial charge on any atom is -0.497 e. The number of methoxy groups -OCH3 is 1. The lowest BCUT2D eigenvalue weighted by atomic mass is 10.1. The second-order valence-electron chi connectivity index (χ2n) is 5.85. The van der Waals surface area contributed by atoms with E-state index in [2.05, 4.69) is 10.6 Å². The van der Waals surface area contributed by atoms with Gasteiger partial charge in [0.15, 0.2) is 6.04 Å². The fourth-order valence-electron chi connectivity index (χ4n) is 2.44. The first-order chi connectivity index (χ1) is 13.0. The van der Waals surface area contributed by atoms with Crippen LogP contribution in [-0.4, -0.2) is 36.5 Å². The Kier molecular flexibility index (Phi) is 6.93. The van der Waals surface area contributed by atoms with Crippen LogP contribution in [0.3, 0.4) is 0 Å². The van der Waals surface area contributed by atoms with E-state index >= 15 is 0 Å². The van der Waals surface area contributed by atoms with Crippen LogP contribution in [0.15, 0.2) is 48.5 Å². The molecule has 7 nitrogen and oxygen atoms in total. The lowest BCUT2D eigenvalue weighted by molar-refractivity contribution is -0.139. The molecular formula is C20H22N2O5. The number of hydrogen-bond acceptors (Lipinski definition) is 4. The van der Waals surface area contributed by atoms with Gasteiger partial charge in [-0.25, -0.2) is 4.79 Å². The van der Waals surface area contributed by atoms with E-state index in [1.165, 1.54) is 19.2 Å². The number of aliphatic carboxylic acids is 1. The highest BCUT2D eigenvalue weighted by atomic mass is 16.5. The topological polar surface area (TPSA) is 105 Å². The molecule has 1 atom stereocenters. The van der Waals surface area contributed by atoms with E-state index in [0.717, 1.165) is 6.42 Å². The van der Waals surface area contributed by atoms with E-state index in [1.54, 1.807) is 36.4 Å². The number of carbonyl (C=O) groups is 3. The molecule has 27 heavy (non-hydrogen) atoms. The molecule has 0 aromatic heterocycles. The predicted octanol–water partition coefficient (Wildman–Crippen LogP) is 2.39. The Balaban J connectivity index is 2.17. The van der Waals surface area contributed by atoms with Crippen molar-refractivity contribution in [2.24, 2.45) is 0 Å². The van der Waals surface area contributed by atoms with Gasteiger partial charge in [-0.3, -0.25) is 9.59 Å². The molecule has 142 valence electrons. The van der Waals surface area contributed by atoms with Gasteiger partial charge in [-0.1, -0.05) is 25.1 Å². The maximum absolute atomic E-state index is 12.5. The quantitative estimate of drug-likeness (QED) is 0.662. The van der Waals surface area contributed by atoms with Gasteiger partial charge >= 0.3 is 5.97 Å². The average Bonchev–Trinajstić information content (AvgIpc) is 2.70. The summed E-state index contributed by atoms with van der Waals surface area (Å²) >= 11 is 0. The summed E-state index contributed by atoms with van der Waals surface area (Å²) < 4.78 is 5.05. The highest BCUT2D eigenvalue weighted by Gasteiger charge is 2.23. The third-order valence-corrected chi connectivity index (χ3v) is 3.89. The molecular weight excluding hydrogens is 348 g/mol. The average molecular weight is 370 g/mol. The monoisotopic (exact) mass is 370 g/mol. The predicted molar refractivity (Wildman–Crippen MR) is 99.9 cm³/mol. The van der Waals surface area contributed by atoms with E-state index in [0.29, 0.717) is 23.4 Å². The van der Waals surface area contributed by atoms with Crippen LogP contribution in [0.1, 0.15) is 45.7 Å². The molecule has 2 aromatic carbocycles. The number of nitrogens with one attached hydrogen (secondary N) is 2. The van der Waals surface area contributed by atoms with E-state index in [1.807, 2.05) is 6.92 Å². The Morgan fingerprint density at radius 3 is 2.22 bits per heavy atom. The summed E-state index contributed by atoms with van der Waals surface area (Å²) in [4.78, 5) is 36.2.